The Kier molecular flexibility index (Phi) is 12.3. The largest absolute Gasteiger partial charge is 0.384 e. The molecule has 0 N–H and O–H groups in total. The minimum Gasteiger partial charge on any atom is -0.384 e. The van der Waals surface area contributed by atoms with Crippen LogP contribution in [0.4, 0.5) is 0 Å². The monoisotopic (exact) mass is 478 g/mol. The number of benzene rings is 2. The average Bonchev–Trinajstić information content (AvgIpc) is 2.86. The van der Waals surface area contributed by atoms with Gasteiger partial charge in [0.2, 0.25) is 0 Å². The fourth-order valence-electron chi connectivity index (χ4n) is 5.70. The van der Waals surface area contributed by atoms with Crippen LogP contribution in [0.5, 0.6) is 0 Å². The molecule has 0 radical (unpaired) electrons. The lowest BCUT2D eigenvalue weighted by Crippen LogP contribution is -2.26. The van der Waals surface area contributed by atoms with Crippen molar-refractivity contribution in [1.29, 1.82) is 0 Å². The molecule has 0 saturated carbocycles. The molecule has 1 aliphatic heterocycles. The van der Waals surface area contributed by atoms with E-state index < -0.39 is 0 Å². The fraction of sp³-hybridized carbons (Fsp3) is 0.636. The third-order valence-corrected chi connectivity index (χ3v) is 7.77. The molecule has 0 spiro atoms. The number of methoxy groups -OCH3 is 1. The lowest BCUT2D eigenvalue weighted by molar-refractivity contribution is -0.0228. The van der Waals surface area contributed by atoms with E-state index in [-0.39, 0.29) is 0 Å². The number of hydrogen-bond acceptors (Lipinski definition) is 2. The molecule has 2 heteroatoms. The average molecular weight is 479 g/mol. The Balaban J connectivity index is 1.34. The first-order chi connectivity index (χ1) is 17.1. The molecule has 194 valence electrons. The van der Waals surface area contributed by atoms with Crippen molar-refractivity contribution >= 4 is 10.8 Å². The highest BCUT2D eigenvalue weighted by Gasteiger charge is 2.21. The van der Waals surface area contributed by atoms with Gasteiger partial charge >= 0.3 is 0 Å². The van der Waals surface area contributed by atoms with Crippen LogP contribution in [-0.2, 0) is 22.3 Å². The van der Waals surface area contributed by atoms with Crippen molar-refractivity contribution in [2.24, 2.45) is 11.8 Å². The van der Waals surface area contributed by atoms with Gasteiger partial charge in [0.15, 0.2) is 0 Å². The van der Waals surface area contributed by atoms with Crippen molar-refractivity contribution in [2.75, 3.05) is 20.3 Å². The van der Waals surface area contributed by atoms with E-state index in [4.69, 9.17) is 9.47 Å². The van der Waals surface area contributed by atoms with Crippen LogP contribution in [0.15, 0.2) is 48.6 Å². The predicted molar refractivity (Wildman–Crippen MR) is 151 cm³/mol. The number of allylic oxidation sites excluding steroid dienone is 1. The second-order valence-electron chi connectivity index (χ2n) is 11.2. The standard InChI is InChI=1S/C33H50O2/c1-5-6-7-10-27-15-18-32-23-28(16-19-31(32)22-27)13-14-29-17-20-33(35-25-29)12-9-8-11-30(24-34-4)21-26(2)3/h15-16,18-19,22-23,29-30,33H,2,5-14,17,20-21,24-25H2,1,3-4H3. The van der Waals surface area contributed by atoms with Crippen LogP contribution in [0.1, 0.15) is 95.6 Å². The summed E-state index contributed by atoms with van der Waals surface area (Å²) < 4.78 is 11.7. The Morgan fingerprint density at radius 2 is 1.71 bits per heavy atom. The van der Waals surface area contributed by atoms with Gasteiger partial charge in [0.1, 0.15) is 0 Å². The number of ether oxygens (including phenoxy) is 2. The highest BCUT2D eigenvalue weighted by molar-refractivity contribution is 5.83. The maximum absolute atomic E-state index is 6.28. The number of fused-ring (bicyclic) bond motifs is 1. The van der Waals surface area contributed by atoms with E-state index in [9.17, 15) is 0 Å². The molecule has 2 aromatic rings. The van der Waals surface area contributed by atoms with Gasteiger partial charge in [-0.1, -0.05) is 74.6 Å². The summed E-state index contributed by atoms with van der Waals surface area (Å²) in [6, 6.07) is 14.1. The molecule has 0 aliphatic carbocycles. The van der Waals surface area contributed by atoms with Gasteiger partial charge in [-0.2, -0.15) is 0 Å². The molecule has 1 aliphatic rings. The Labute approximate surface area is 215 Å². The Bertz CT molecular complexity index is 878. The zero-order valence-electron chi connectivity index (χ0n) is 22.8. The molecule has 0 aromatic heterocycles. The second-order valence-corrected chi connectivity index (χ2v) is 11.2. The Hall–Kier alpha value is -1.64. The molecule has 2 aromatic carbocycles. The first-order valence-corrected chi connectivity index (χ1v) is 14.3. The van der Waals surface area contributed by atoms with Crippen molar-refractivity contribution < 1.29 is 9.47 Å². The van der Waals surface area contributed by atoms with Gasteiger partial charge in [0, 0.05) is 20.3 Å². The van der Waals surface area contributed by atoms with Gasteiger partial charge in [0.05, 0.1) is 6.10 Å². The summed E-state index contributed by atoms with van der Waals surface area (Å²) in [5.74, 6) is 1.33. The van der Waals surface area contributed by atoms with Gasteiger partial charge in [-0.15, -0.1) is 6.58 Å². The first-order valence-electron chi connectivity index (χ1n) is 14.3. The van der Waals surface area contributed by atoms with Gasteiger partial charge in [-0.05, 0) is 98.4 Å². The van der Waals surface area contributed by atoms with Crippen molar-refractivity contribution in [3.05, 3.63) is 59.7 Å². The topological polar surface area (TPSA) is 18.5 Å². The van der Waals surface area contributed by atoms with Gasteiger partial charge in [0.25, 0.3) is 0 Å². The van der Waals surface area contributed by atoms with Crippen LogP contribution in [0.2, 0.25) is 0 Å². The molecule has 1 heterocycles. The quantitative estimate of drug-likeness (QED) is 0.177. The van der Waals surface area contributed by atoms with Crippen molar-refractivity contribution in [3.8, 4) is 0 Å². The highest BCUT2D eigenvalue weighted by Crippen LogP contribution is 2.28. The second kappa shape index (κ2) is 15.5. The van der Waals surface area contributed by atoms with E-state index in [1.807, 2.05) is 7.11 Å². The van der Waals surface area contributed by atoms with Gasteiger partial charge < -0.3 is 9.47 Å². The third kappa shape index (κ3) is 10.1. The molecule has 2 nitrogen and oxygen atoms in total. The molecular weight excluding hydrogens is 428 g/mol. The predicted octanol–water partition coefficient (Wildman–Crippen LogP) is 9.09. The van der Waals surface area contributed by atoms with Crippen LogP contribution >= 0.6 is 0 Å². The lowest BCUT2D eigenvalue weighted by atomic mass is 9.90. The normalized spacial score (nSPS) is 19.2. The summed E-state index contributed by atoms with van der Waals surface area (Å²) >= 11 is 0. The molecule has 1 fully saturated rings. The smallest absolute Gasteiger partial charge is 0.0575 e. The first kappa shape index (κ1) is 27.9. The SMILES string of the molecule is C=C(C)CC(CCCCC1CCC(CCc2ccc3cc(CCCCC)ccc3c2)CO1)COC. The summed E-state index contributed by atoms with van der Waals surface area (Å²) in [4.78, 5) is 0. The number of unbranched alkanes of at least 4 members (excludes halogenated alkanes) is 3. The van der Waals surface area contributed by atoms with Crippen LogP contribution < -0.4 is 0 Å². The van der Waals surface area contributed by atoms with Crippen LogP contribution in [0.25, 0.3) is 10.8 Å². The zero-order valence-corrected chi connectivity index (χ0v) is 22.8. The van der Waals surface area contributed by atoms with E-state index in [1.165, 1.54) is 98.1 Å². The van der Waals surface area contributed by atoms with Crippen LogP contribution in [0, 0.1) is 11.8 Å². The molecule has 3 unspecified atom stereocenters. The lowest BCUT2D eigenvalue weighted by Gasteiger charge is -2.29. The number of aryl methyl sites for hydroxylation is 2. The summed E-state index contributed by atoms with van der Waals surface area (Å²) in [7, 11) is 1.81. The molecule has 35 heavy (non-hydrogen) atoms. The van der Waals surface area contributed by atoms with Crippen LogP contribution in [0.3, 0.4) is 0 Å². The van der Waals surface area contributed by atoms with E-state index in [2.05, 4.69) is 56.8 Å². The van der Waals surface area contributed by atoms with Crippen LogP contribution in [-0.4, -0.2) is 26.4 Å². The minimum absolute atomic E-state index is 0.473. The van der Waals surface area contributed by atoms with Gasteiger partial charge in [-0.3, -0.25) is 0 Å². The Morgan fingerprint density at radius 1 is 0.971 bits per heavy atom. The maximum Gasteiger partial charge on any atom is 0.0575 e. The Morgan fingerprint density at radius 3 is 2.34 bits per heavy atom. The summed E-state index contributed by atoms with van der Waals surface area (Å²) in [5, 5.41) is 2.78. The minimum atomic E-state index is 0.473. The van der Waals surface area contributed by atoms with Crippen molar-refractivity contribution in [2.45, 2.75) is 103 Å². The summed E-state index contributed by atoms with van der Waals surface area (Å²) in [6.07, 6.45) is 16.6. The van der Waals surface area contributed by atoms with Gasteiger partial charge in [-0.25, -0.2) is 0 Å². The maximum atomic E-state index is 6.28. The number of hydrogen-bond donors (Lipinski definition) is 0. The molecule has 3 atom stereocenters. The third-order valence-electron chi connectivity index (χ3n) is 7.77. The van der Waals surface area contributed by atoms with Crippen molar-refractivity contribution in [1.82, 2.24) is 0 Å². The van der Waals surface area contributed by atoms with E-state index in [1.54, 1.807) is 0 Å². The number of rotatable bonds is 16. The highest BCUT2D eigenvalue weighted by atomic mass is 16.5. The summed E-state index contributed by atoms with van der Waals surface area (Å²) in [5.41, 5.74) is 4.22. The molecular formula is C33H50O2. The molecule has 0 amide bonds. The zero-order chi connectivity index (χ0) is 24.9. The fourth-order valence-corrected chi connectivity index (χ4v) is 5.70. The van der Waals surface area contributed by atoms with E-state index in [0.717, 1.165) is 26.1 Å². The molecule has 1 saturated heterocycles. The van der Waals surface area contributed by atoms with Crippen molar-refractivity contribution in [3.63, 3.8) is 0 Å². The molecule has 3 rings (SSSR count). The molecule has 0 bridgehead atoms. The van der Waals surface area contributed by atoms with E-state index >= 15 is 0 Å². The van der Waals surface area contributed by atoms with E-state index in [0.29, 0.717) is 17.9 Å². The summed E-state index contributed by atoms with van der Waals surface area (Å²) in [6.45, 7) is 10.3.